The van der Waals surface area contributed by atoms with Crippen LogP contribution in [0.4, 0.5) is 10.5 Å². The summed E-state index contributed by atoms with van der Waals surface area (Å²) in [5.74, 6) is -1.17. The Balaban J connectivity index is 2.01. The molecule has 2 aromatic rings. The Morgan fingerprint density at radius 3 is 2.71 bits per heavy atom. The van der Waals surface area contributed by atoms with E-state index in [9.17, 15) is 9.59 Å². The topological polar surface area (TPSA) is 91.3 Å². The molecule has 3 N–H and O–H groups in total. The second-order valence-corrected chi connectivity index (χ2v) is 4.56. The Morgan fingerprint density at radius 2 is 2.05 bits per heavy atom. The van der Waals surface area contributed by atoms with Crippen LogP contribution in [0.25, 0.3) is 0 Å². The molecule has 0 unspecified atom stereocenters. The van der Waals surface area contributed by atoms with Crippen LogP contribution in [-0.2, 0) is 6.54 Å². The molecule has 6 nitrogen and oxygen atoms in total. The molecule has 1 aromatic carbocycles. The predicted octanol–water partition coefficient (Wildman–Crippen LogP) is 2.75. The van der Waals surface area contributed by atoms with Crippen molar-refractivity contribution < 1.29 is 14.7 Å². The number of nitrogens with one attached hydrogen (secondary N) is 2. The summed E-state index contributed by atoms with van der Waals surface area (Å²) < 4.78 is 0. The third kappa shape index (κ3) is 4.19. The van der Waals surface area contributed by atoms with Crippen LogP contribution < -0.4 is 10.6 Å². The zero-order chi connectivity index (χ0) is 15.2. The fourth-order valence-electron chi connectivity index (χ4n) is 1.64. The van der Waals surface area contributed by atoms with Gasteiger partial charge >= 0.3 is 12.0 Å². The largest absolute Gasteiger partial charge is 0.478 e. The van der Waals surface area contributed by atoms with Gasteiger partial charge < -0.3 is 15.7 Å². The van der Waals surface area contributed by atoms with E-state index in [4.69, 9.17) is 16.7 Å². The number of carboxylic acid groups (broad SMARTS) is 1. The lowest BCUT2D eigenvalue weighted by Gasteiger charge is -2.10. The molecular formula is C14H12ClN3O3. The zero-order valence-corrected chi connectivity index (χ0v) is 11.6. The van der Waals surface area contributed by atoms with Crippen molar-refractivity contribution in [1.82, 2.24) is 10.3 Å². The van der Waals surface area contributed by atoms with Crippen molar-refractivity contribution in [2.75, 3.05) is 5.32 Å². The van der Waals surface area contributed by atoms with Gasteiger partial charge in [-0.15, -0.1) is 0 Å². The summed E-state index contributed by atoms with van der Waals surface area (Å²) in [4.78, 5) is 26.9. The first kappa shape index (κ1) is 14.8. The standard InChI is InChI=1S/C14H12ClN3O3/c15-9-4-5-12(11(7-9)13(19)20)18-14(21)17-8-10-3-1-2-6-16-10/h1-7H,8H2,(H,19,20)(H2,17,18,21). The minimum atomic E-state index is -1.17. The van der Waals surface area contributed by atoms with E-state index in [1.165, 1.54) is 18.2 Å². The molecule has 0 radical (unpaired) electrons. The molecule has 108 valence electrons. The molecule has 0 aliphatic heterocycles. The number of halogens is 1. The number of hydrogen-bond donors (Lipinski definition) is 3. The summed E-state index contributed by atoms with van der Waals surface area (Å²) in [6.07, 6.45) is 1.62. The van der Waals surface area contributed by atoms with Crippen molar-refractivity contribution in [2.24, 2.45) is 0 Å². The molecule has 0 saturated heterocycles. The maximum absolute atomic E-state index is 11.8. The van der Waals surface area contributed by atoms with Crippen LogP contribution in [0, 0.1) is 0 Å². The number of carbonyl (C=O) groups is 2. The van der Waals surface area contributed by atoms with Crippen molar-refractivity contribution >= 4 is 29.3 Å². The van der Waals surface area contributed by atoms with Crippen LogP contribution in [-0.4, -0.2) is 22.1 Å². The average Bonchev–Trinajstić information content (AvgIpc) is 2.48. The monoisotopic (exact) mass is 305 g/mol. The number of aromatic nitrogens is 1. The second kappa shape index (κ2) is 6.71. The molecule has 0 spiro atoms. The SMILES string of the molecule is O=C(NCc1ccccn1)Nc1ccc(Cl)cc1C(=O)O. The van der Waals surface area contributed by atoms with E-state index in [1.54, 1.807) is 18.3 Å². The molecule has 21 heavy (non-hydrogen) atoms. The number of hydrogen-bond acceptors (Lipinski definition) is 3. The number of carbonyl (C=O) groups excluding carboxylic acids is 1. The van der Waals surface area contributed by atoms with Crippen LogP contribution in [0.5, 0.6) is 0 Å². The van der Waals surface area contributed by atoms with Crippen LogP contribution in [0.2, 0.25) is 5.02 Å². The minimum Gasteiger partial charge on any atom is -0.478 e. The first-order valence-corrected chi connectivity index (χ1v) is 6.41. The van der Waals surface area contributed by atoms with Gasteiger partial charge in [0.05, 0.1) is 23.5 Å². The van der Waals surface area contributed by atoms with Gasteiger partial charge in [-0.1, -0.05) is 17.7 Å². The van der Waals surface area contributed by atoms with E-state index >= 15 is 0 Å². The lowest BCUT2D eigenvalue weighted by atomic mass is 10.2. The van der Waals surface area contributed by atoms with Gasteiger partial charge in [-0.25, -0.2) is 9.59 Å². The summed E-state index contributed by atoms with van der Waals surface area (Å²) in [7, 11) is 0. The van der Waals surface area contributed by atoms with Crippen LogP contribution >= 0.6 is 11.6 Å². The number of urea groups is 1. The fourth-order valence-corrected chi connectivity index (χ4v) is 1.81. The molecule has 2 amide bonds. The molecule has 7 heteroatoms. The molecule has 0 atom stereocenters. The smallest absolute Gasteiger partial charge is 0.337 e. The van der Waals surface area contributed by atoms with Crippen molar-refractivity contribution in [3.8, 4) is 0 Å². The first-order chi connectivity index (χ1) is 10.1. The molecule has 1 heterocycles. The number of rotatable bonds is 4. The normalized spacial score (nSPS) is 9.95. The Bertz CT molecular complexity index is 662. The Labute approximate surface area is 125 Å². The average molecular weight is 306 g/mol. The minimum absolute atomic E-state index is 0.0736. The van der Waals surface area contributed by atoms with E-state index in [0.29, 0.717) is 5.69 Å². The summed E-state index contributed by atoms with van der Waals surface area (Å²) in [5, 5.41) is 14.4. The molecule has 1 aromatic heterocycles. The third-order valence-electron chi connectivity index (χ3n) is 2.62. The molecule has 2 rings (SSSR count). The first-order valence-electron chi connectivity index (χ1n) is 6.04. The molecule has 0 aliphatic rings. The second-order valence-electron chi connectivity index (χ2n) is 4.12. The van der Waals surface area contributed by atoms with Crippen molar-refractivity contribution in [2.45, 2.75) is 6.54 Å². The van der Waals surface area contributed by atoms with E-state index in [1.807, 2.05) is 6.07 Å². The highest BCUT2D eigenvalue weighted by Crippen LogP contribution is 2.20. The van der Waals surface area contributed by atoms with Gasteiger partial charge in [0.2, 0.25) is 0 Å². The molecule has 0 aliphatic carbocycles. The lowest BCUT2D eigenvalue weighted by Crippen LogP contribution is -2.29. The molecular weight excluding hydrogens is 294 g/mol. The van der Waals surface area contributed by atoms with Gasteiger partial charge in [0.15, 0.2) is 0 Å². The summed E-state index contributed by atoms with van der Waals surface area (Å²) in [6, 6.07) is 9.04. The van der Waals surface area contributed by atoms with Crippen molar-refractivity contribution in [1.29, 1.82) is 0 Å². The van der Waals surface area contributed by atoms with Gasteiger partial charge in [-0.05, 0) is 30.3 Å². The van der Waals surface area contributed by atoms with Gasteiger partial charge in [0, 0.05) is 11.2 Å². The highest BCUT2D eigenvalue weighted by atomic mass is 35.5. The number of amides is 2. The third-order valence-corrected chi connectivity index (χ3v) is 2.85. The number of nitrogens with zero attached hydrogens (tertiary/aromatic N) is 1. The van der Waals surface area contributed by atoms with Gasteiger partial charge in [-0.2, -0.15) is 0 Å². The van der Waals surface area contributed by atoms with E-state index in [0.717, 1.165) is 0 Å². The fraction of sp³-hybridized carbons (Fsp3) is 0.0714. The van der Waals surface area contributed by atoms with Crippen LogP contribution in [0.3, 0.4) is 0 Å². The maximum Gasteiger partial charge on any atom is 0.337 e. The Hall–Kier alpha value is -2.60. The maximum atomic E-state index is 11.8. The number of pyridine rings is 1. The summed E-state index contributed by atoms with van der Waals surface area (Å²) in [6.45, 7) is 0.239. The summed E-state index contributed by atoms with van der Waals surface area (Å²) in [5.41, 5.74) is 0.795. The van der Waals surface area contributed by atoms with E-state index in [-0.39, 0.29) is 22.8 Å². The van der Waals surface area contributed by atoms with Gasteiger partial charge in [0.1, 0.15) is 0 Å². The lowest BCUT2D eigenvalue weighted by molar-refractivity contribution is 0.0698. The number of aromatic carboxylic acids is 1. The quantitative estimate of drug-likeness (QED) is 0.810. The number of anilines is 1. The van der Waals surface area contributed by atoms with Crippen molar-refractivity contribution in [3.05, 3.63) is 58.9 Å². The Kier molecular flexibility index (Phi) is 4.73. The highest BCUT2D eigenvalue weighted by Gasteiger charge is 2.13. The molecule has 0 fully saturated rings. The van der Waals surface area contributed by atoms with Gasteiger partial charge in [0.25, 0.3) is 0 Å². The highest BCUT2D eigenvalue weighted by molar-refractivity contribution is 6.31. The molecule has 0 bridgehead atoms. The summed E-state index contributed by atoms with van der Waals surface area (Å²) >= 11 is 5.74. The Morgan fingerprint density at radius 1 is 1.24 bits per heavy atom. The predicted molar refractivity (Wildman–Crippen MR) is 78.5 cm³/mol. The van der Waals surface area contributed by atoms with E-state index in [2.05, 4.69) is 15.6 Å². The zero-order valence-electron chi connectivity index (χ0n) is 10.8. The number of carboxylic acids is 1. The van der Waals surface area contributed by atoms with Gasteiger partial charge in [-0.3, -0.25) is 4.98 Å². The number of benzene rings is 1. The molecule has 0 saturated carbocycles. The van der Waals surface area contributed by atoms with Crippen LogP contribution in [0.15, 0.2) is 42.6 Å². The van der Waals surface area contributed by atoms with E-state index < -0.39 is 12.0 Å². The van der Waals surface area contributed by atoms with Crippen molar-refractivity contribution in [3.63, 3.8) is 0 Å². The van der Waals surface area contributed by atoms with Crippen LogP contribution in [0.1, 0.15) is 16.1 Å².